The number of thiazole rings is 1. The molecule has 66 valence electrons. The highest BCUT2D eigenvalue weighted by atomic mass is 32.1. The van der Waals surface area contributed by atoms with Crippen LogP contribution >= 0.6 is 11.3 Å². The second-order valence-electron chi connectivity index (χ2n) is 2.60. The van der Waals surface area contributed by atoms with Crippen LogP contribution in [0.5, 0.6) is 0 Å². The smallest absolute Gasteiger partial charge is 0.188 e. The van der Waals surface area contributed by atoms with Crippen molar-refractivity contribution in [3.63, 3.8) is 0 Å². The summed E-state index contributed by atoms with van der Waals surface area (Å²) < 4.78 is 0. The Morgan fingerprint density at radius 3 is 2.92 bits per heavy atom. The molecule has 4 nitrogen and oxygen atoms in total. The summed E-state index contributed by atoms with van der Waals surface area (Å²) in [5.74, 6) is 0.0700. The van der Waals surface area contributed by atoms with Crippen molar-refractivity contribution in [1.29, 1.82) is 5.41 Å². The third-order valence-electron chi connectivity index (χ3n) is 1.48. The molecule has 0 spiro atoms. The minimum Gasteiger partial charge on any atom is -0.370 e. The average Bonchev–Trinajstić information content (AvgIpc) is 2.35. The molecule has 0 saturated carbocycles. The molecule has 1 rings (SSSR count). The molecule has 0 fully saturated rings. The van der Waals surface area contributed by atoms with Crippen molar-refractivity contribution in [2.75, 3.05) is 7.05 Å². The number of rotatable bonds is 2. The highest BCUT2D eigenvalue weighted by Gasteiger charge is 2.03. The Kier molecular flexibility index (Phi) is 2.65. The van der Waals surface area contributed by atoms with Crippen LogP contribution in [0, 0.1) is 12.3 Å². The summed E-state index contributed by atoms with van der Waals surface area (Å²) in [6.45, 7) is 2.57. The lowest BCUT2D eigenvalue weighted by molar-refractivity contribution is 0.484. The van der Waals surface area contributed by atoms with Gasteiger partial charge in [-0.2, -0.15) is 0 Å². The second-order valence-corrected chi connectivity index (χ2v) is 3.66. The summed E-state index contributed by atoms with van der Waals surface area (Å²) in [5.41, 5.74) is 6.24. The molecule has 3 N–H and O–H groups in total. The van der Waals surface area contributed by atoms with Gasteiger partial charge < -0.3 is 10.6 Å². The largest absolute Gasteiger partial charge is 0.370 e. The van der Waals surface area contributed by atoms with Crippen molar-refractivity contribution in [2.45, 2.75) is 13.5 Å². The third-order valence-corrected chi connectivity index (χ3v) is 2.30. The third kappa shape index (κ3) is 2.20. The molecule has 0 aromatic carbocycles. The van der Waals surface area contributed by atoms with Crippen molar-refractivity contribution >= 4 is 17.3 Å². The van der Waals surface area contributed by atoms with Crippen molar-refractivity contribution in [1.82, 2.24) is 9.88 Å². The molecule has 1 aromatic heterocycles. The highest BCUT2D eigenvalue weighted by Crippen LogP contribution is 2.09. The Morgan fingerprint density at radius 2 is 2.50 bits per heavy atom. The summed E-state index contributed by atoms with van der Waals surface area (Å²) >= 11 is 1.61. The van der Waals surface area contributed by atoms with Gasteiger partial charge in [0.05, 0.1) is 17.2 Å². The first-order valence-electron chi connectivity index (χ1n) is 3.55. The minimum atomic E-state index is 0.0700. The first-order chi connectivity index (χ1) is 5.59. The van der Waals surface area contributed by atoms with Crippen molar-refractivity contribution in [3.05, 3.63) is 16.1 Å². The van der Waals surface area contributed by atoms with Crippen LogP contribution in [-0.4, -0.2) is 22.9 Å². The number of hydrogen-bond acceptors (Lipinski definition) is 3. The van der Waals surface area contributed by atoms with Crippen LogP contribution in [0.2, 0.25) is 0 Å². The van der Waals surface area contributed by atoms with E-state index >= 15 is 0 Å². The number of nitrogens with zero attached hydrogens (tertiary/aromatic N) is 2. The lowest BCUT2D eigenvalue weighted by atomic mass is 10.4. The van der Waals surface area contributed by atoms with Crippen LogP contribution in [0.1, 0.15) is 10.7 Å². The Bertz CT molecular complexity index is 281. The summed E-state index contributed by atoms with van der Waals surface area (Å²) in [4.78, 5) is 5.90. The van der Waals surface area contributed by atoms with E-state index in [1.165, 1.54) is 0 Å². The predicted octanol–water partition coefficient (Wildman–Crippen LogP) is 0.777. The molecular formula is C7H12N4S. The van der Waals surface area contributed by atoms with Gasteiger partial charge in [0.1, 0.15) is 0 Å². The Balaban J connectivity index is 2.58. The summed E-state index contributed by atoms with van der Waals surface area (Å²) in [5, 5.41) is 10.2. The van der Waals surface area contributed by atoms with Crippen LogP contribution in [0.15, 0.2) is 5.38 Å². The van der Waals surface area contributed by atoms with Crippen LogP contribution in [0.4, 0.5) is 0 Å². The van der Waals surface area contributed by atoms with Crippen molar-refractivity contribution in [2.24, 2.45) is 5.73 Å². The van der Waals surface area contributed by atoms with Gasteiger partial charge in [0.25, 0.3) is 0 Å². The molecule has 1 aromatic rings. The SMILES string of the molecule is Cc1nc(CN(C)C(=N)N)cs1. The van der Waals surface area contributed by atoms with Crippen LogP contribution in [0.25, 0.3) is 0 Å². The zero-order valence-corrected chi connectivity index (χ0v) is 7.98. The van der Waals surface area contributed by atoms with Gasteiger partial charge in [-0.3, -0.25) is 5.41 Å². The number of aryl methyl sites for hydroxylation is 1. The summed E-state index contributed by atoms with van der Waals surface area (Å²) in [7, 11) is 1.77. The van der Waals surface area contributed by atoms with Crippen molar-refractivity contribution in [3.8, 4) is 0 Å². The Morgan fingerprint density at radius 1 is 1.83 bits per heavy atom. The Labute approximate surface area is 75.5 Å². The number of nitrogens with two attached hydrogens (primary N) is 1. The number of hydrogen-bond donors (Lipinski definition) is 2. The molecular weight excluding hydrogens is 172 g/mol. The van der Waals surface area contributed by atoms with E-state index in [0.717, 1.165) is 10.7 Å². The van der Waals surface area contributed by atoms with E-state index in [4.69, 9.17) is 11.1 Å². The normalized spacial score (nSPS) is 9.83. The fourth-order valence-electron chi connectivity index (χ4n) is 0.809. The molecule has 0 radical (unpaired) electrons. The molecule has 0 aliphatic rings. The zero-order valence-electron chi connectivity index (χ0n) is 7.16. The van der Waals surface area contributed by atoms with Gasteiger partial charge in [0, 0.05) is 12.4 Å². The first kappa shape index (κ1) is 8.99. The Hall–Kier alpha value is -1.10. The van der Waals surface area contributed by atoms with Gasteiger partial charge in [0.15, 0.2) is 5.96 Å². The van der Waals surface area contributed by atoms with Gasteiger partial charge in [-0.05, 0) is 6.92 Å². The number of nitrogens with one attached hydrogen (secondary N) is 1. The molecule has 0 amide bonds. The van der Waals surface area contributed by atoms with Gasteiger partial charge >= 0.3 is 0 Å². The predicted molar refractivity (Wildman–Crippen MR) is 50.2 cm³/mol. The fourth-order valence-corrected chi connectivity index (χ4v) is 1.41. The molecule has 0 unspecified atom stereocenters. The first-order valence-corrected chi connectivity index (χ1v) is 4.43. The topological polar surface area (TPSA) is 66.0 Å². The zero-order chi connectivity index (χ0) is 9.14. The van der Waals surface area contributed by atoms with E-state index in [2.05, 4.69) is 4.98 Å². The van der Waals surface area contributed by atoms with E-state index in [1.54, 1.807) is 23.3 Å². The molecule has 12 heavy (non-hydrogen) atoms. The van der Waals surface area contributed by atoms with E-state index in [-0.39, 0.29) is 5.96 Å². The van der Waals surface area contributed by atoms with E-state index in [0.29, 0.717) is 6.54 Å². The van der Waals surface area contributed by atoms with Crippen LogP contribution in [-0.2, 0) is 6.54 Å². The molecule has 5 heteroatoms. The average molecular weight is 184 g/mol. The summed E-state index contributed by atoms with van der Waals surface area (Å²) in [6.07, 6.45) is 0. The molecule has 0 bridgehead atoms. The minimum absolute atomic E-state index is 0.0700. The maximum Gasteiger partial charge on any atom is 0.188 e. The molecule has 0 saturated heterocycles. The molecule has 1 heterocycles. The van der Waals surface area contributed by atoms with Crippen LogP contribution < -0.4 is 5.73 Å². The molecule has 0 atom stereocenters. The molecule has 0 aliphatic heterocycles. The van der Waals surface area contributed by atoms with E-state index in [1.807, 2.05) is 12.3 Å². The van der Waals surface area contributed by atoms with E-state index < -0.39 is 0 Å². The van der Waals surface area contributed by atoms with E-state index in [9.17, 15) is 0 Å². The van der Waals surface area contributed by atoms with Crippen LogP contribution in [0.3, 0.4) is 0 Å². The second kappa shape index (κ2) is 3.53. The lowest BCUT2D eigenvalue weighted by Gasteiger charge is -2.14. The van der Waals surface area contributed by atoms with Gasteiger partial charge in [0.2, 0.25) is 0 Å². The standard InChI is InChI=1S/C7H12N4S/c1-5-10-6(4-12-5)3-11(2)7(8)9/h4H,3H2,1-2H3,(H3,8,9). The van der Waals surface area contributed by atoms with Gasteiger partial charge in [-0.25, -0.2) is 4.98 Å². The maximum absolute atomic E-state index is 7.14. The quantitative estimate of drug-likeness (QED) is 0.527. The molecule has 0 aliphatic carbocycles. The monoisotopic (exact) mass is 184 g/mol. The number of guanidine groups is 1. The van der Waals surface area contributed by atoms with Gasteiger partial charge in [-0.1, -0.05) is 0 Å². The van der Waals surface area contributed by atoms with Gasteiger partial charge in [-0.15, -0.1) is 11.3 Å². The summed E-state index contributed by atoms with van der Waals surface area (Å²) in [6, 6.07) is 0. The fraction of sp³-hybridized carbons (Fsp3) is 0.429. The highest BCUT2D eigenvalue weighted by molar-refractivity contribution is 7.09. The number of aromatic nitrogens is 1. The maximum atomic E-state index is 7.14. The van der Waals surface area contributed by atoms with Crippen molar-refractivity contribution < 1.29 is 0 Å². The lowest BCUT2D eigenvalue weighted by Crippen LogP contribution is -2.32.